The zero-order valence-electron chi connectivity index (χ0n) is 11.2. The van der Waals surface area contributed by atoms with Crippen LogP contribution in [-0.4, -0.2) is 17.5 Å². The summed E-state index contributed by atoms with van der Waals surface area (Å²) in [6.45, 7) is 11.1. The van der Waals surface area contributed by atoms with Crippen LogP contribution < -0.4 is 4.57 Å². The number of nitrogens with zero attached hydrogens (tertiary/aromatic N) is 2. The van der Waals surface area contributed by atoms with E-state index in [1.807, 2.05) is 41.5 Å². The summed E-state index contributed by atoms with van der Waals surface area (Å²) < 4.78 is 37.5. The van der Waals surface area contributed by atoms with Crippen LogP contribution in [0.15, 0.2) is 5.16 Å². The van der Waals surface area contributed by atoms with E-state index in [0.717, 1.165) is 11.4 Å². The summed E-state index contributed by atoms with van der Waals surface area (Å²) in [5.41, 5.74) is 1.64. The van der Waals surface area contributed by atoms with Crippen molar-refractivity contribution < 1.29 is 17.5 Å². The molecule has 0 aliphatic carbocycles. The average Bonchev–Trinajstić information content (AvgIpc) is 2.39. The molecule has 0 saturated heterocycles. The first-order valence-corrected chi connectivity index (χ1v) is 7.08. The normalized spacial score (nSPS) is 12.8. The van der Waals surface area contributed by atoms with Crippen LogP contribution in [0.4, 0.5) is 0 Å². The third kappa shape index (κ3) is 2.37. The highest BCUT2D eigenvalue weighted by atomic mass is 32.2. The Hall–Kier alpha value is -0.880. The number of imidazole rings is 1. The molecule has 98 valence electrons. The SMILES string of the molecule is Cc1c(C)[n+](C(C)C)c(S(=O)(=O)[O-])n1C(C)C. The van der Waals surface area contributed by atoms with Gasteiger partial charge >= 0.3 is 5.16 Å². The van der Waals surface area contributed by atoms with Crippen LogP contribution in [0.5, 0.6) is 0 Å². The zero-order valence-corrected chi connectivity index (χ0v) is 12.0. The predicted octanol–water partition coefficient (Wildman–Crippen LogP) is 1.46. The summed E-state index contributed by atoms with van der Waals surface area (Å²) in [7, 11) is -4.48. The van der Waals surface area contributed by atoms with Crippen molar-refractivity contribution in [3.8, 4) is 0 Å². The highest BCUT2D eigenvalue weighted by molar-refractivity contribution is 7.85. The van der Waals surface area contributed by atoms with Crippen LogP contribution in [0.2, 0.25) is 0 Å². The maximum absolute atomic E-state index is 11.5. The molecule has 0 fully saturated rings. The Balaban J connectivity index is 3.80. The molecule has 0 unspecified atom stereocenters. The van der Waals surface area contributed by atoms with Gasteiger partial charge in [-0.3, -0.25) is 0 Å². The van der Waals surface area contributed by atoms with Gasteiger partial charge in [0, 0.05) is 13.8 Å². The second-order valence-corrected chi connectivity index (χ2v) is 6.11. The minimum Gasteiger partial charge on any atom is -0.738 e. The molecule has 1 aromatic rings. The minimum atomic E-state index is -4.48. The fourth-order valence-corrected chi connectivity index (χ4v) is 3.39. The van der Waals surface area contributed by atoms with Crippen LogP contribution in [0.25, 0.3) is 0 Å². The number of hydrogen-bond acceptors (Lipinski definition) is 3. The van der Waals surface area contributed by atoms with Crippen LogP contribution >= 0.6 is 0 Å². The van der Waals surface area contributed by atoms with E-state index in [1.165, 1.54) is 0 Å². The monoisotopic (exact) mass is 260 g/mol. The number of aromatic nitrogens is 2. The fraction of sp³-hybridized carbons (Fsp3) is 0.727. The van der Waals surface area contributed by atoms with Gasteiger partial charge in [-0.05, 0) is 27.7 Å². The van der Waals surface area contributed by atoms with Gasteiger partial charge in [-0.25, -0.2) is 17.6 Å². The molecule has 1 rings (SSSR count). The first kappa shape index (κ1) is 14.2. The van der Waals surface area contributed by atoms with E-state index in [1.54, 1.807) is 9.13 Å². The van der Waals surface area contributed by atoms with Crippen molar-refractivity contribution in [2.45, 2.75) is 58.8 Å². The highest BCUT2D eigenvalue weighted by Crippen LogP contribution is 2.20. The molecule has 0 aliphatic heterocycles. The van der Waals surface area contributed by atoms with Crippen molar-refractivity contribution in [1.82, 2.24) is 4.57 Å². The van der Waals surface area contributed by atoms with Crippen molar-refractivity contribution in [1.29, 1.82) is 0 Å². The Kier molecular flexibility index (Phi) is 3.69. The molecule has 0 spiro atoms. The molecule has 1 aromatic heterocycles. The molecule has 0 aromatic carbocycles. The quantitative estimate of drug-likeness (QED) is 0.610. The lowest BCUT2D eigenvalue weighted by Gasteiger charge is -2.12. The Morgan fingerprint density at radius 1 is 1.18 bits per heavy atom. The van der Waals surface area contributed by atoms with E-state index in [2.05, 4.69) is 0 Å². The van der Waals surface area contributed by atoms with Gasteiger partial charge in [0.15, 0.2) is 0 Å². The predicted molar refractivity (Wildman–Crippen MR) is 62.8 cm³/mol. The molecule has 0 saturated carbocycles. The largest absolute Gasteiger partial charge is 0.738 e. The summed E-state index contributed by atoms with van der Waals surface area (Å²) in [5.74, 6) is 0. The second-order valence-electron chi connectivity index (χ2n) is 4.84. The van der Waals surface area contributed by atoms with E-state index in [4.69, 9.17) is 0 Å². The lowest BCUT2D eigenvalue weighted by molar-refractivity contribution is -0.757. The molecular formula is C11H20N2O3S. The van der Waals surface area contributed by atoms with Crippen molar-refractivity contribution >= 4 is 10.1 Å². The van der Waals surface area contributed by atoms with Gasteiger partial charge < -0.3 is 4.55 Å². The summed E-state index contributed by atoms with van der Waals surface area (Å²) in [5, 5.41) is -0.141. The van der Waals surface area contributed by atoms with E-state index in [0.29, 0.717) is 0 Å². The Bertz CT molecular complexity index is 496. The van der Waals surface area contributed by atoms with Crippen LogP contribution in [0, 0.1) is 13.8 Å². The molecule has 0 N–H and O–H groups in total. The Morgan fingerprint density at radius 2 is 1.65 bits per heavy atom. The molecule has 0 radical (unpaired) electrons. The van der Waals surface area contributed by atoms with Gasteiger partial charge in [-0.1, -0.05) is 0 Å². The molecule has 17 heavy (non-hydrogen) atoms. The van der Waals surface area contributed by atoms with Crippen molar-refractivity contribution in [3.05, 3.63) is 11.4 Å². The Labute approximate surface area is 103 Å². The summed E-state index contributed by atoms with van der Waals surface area (Å²) in [4.78, 5) is 0. The minimum absolute atomic E-state index is 0.0626. The molecule has 0 aliphatic rings. The number of rotatable bonds is 3. The van der Waals surface area contributed by atoms with Gasteiger partial charge in [0.2, 0.25) is 10.1 Å². The highest BCUT2D eigenvalue weighted by Gasteiger charge is 2.33. The second kappa shape index (κ2) is 4.42. The van der Waals surface area contributed by atoms with E-state index < -0.39 is 10.1 Å². The first-order chi connectivity index (χ1) is 7.59. The molecule has 0 amide bonds. The van der Waals surface area contributed by atoms with Gasteiger partial charge in [0.05, 0.1) is 12.1 Å². The van der Waals surface area contributed by atoms with Crippen molar-refractivity contribution in [2.24, 2.45) is 0 Å². The van der Waals surface area contributed by atoms with Crippen molar-refractivity contribution in [2.75, 3.05) is 0 Å². The zero-order chi connectivity index (χ0) is 13.5. The molecule has 1 heterocycles. The van der Waals surface area contributed by atoms with E-state index >= 15 is 0 Å². The van der Waals surface area contributed by atoms with E-state index in [9.17, 15) is 13.0 Å². The lowest BCUT2D eigenvalue weighted by atomic mass is 10.3. The Morgan fingerprint density at radius 3 is 1.94 bits per heavy atom. The van der Waals surface area contributed by atoms with E-state index in [-0.39, 0.29) is 17.2 Å². The lowest BCUT2D eigenvalue weighted by Crippen LogP contribution is -2.43. The molecule has 0 bridgehead atoms. The van der Waals surface area contributed by atoms with Crippen LogP contribution in [0.3, 0.4) is 0 Å². The van der Waals surface area contributed by atoms with Gasteiger partial charge in [0.25, 0.3) is 0 Å². The molecule has 0 atom stereocenters. The summed E-state index contributed by atoms with van der Waals surface area (Å²) in [6.07, 6.45) is 0. The van der Waals surface area contributed by atoms with Crippen LogP contribution in [0.1, 0.15) is 51.2 Å². The van der Waals surface area contributed by atoms with Crippen LogP contribution in [-0.2, 0) is 10.1 Å². The molecule has 5 nitrogen and oxygen atoms in total. The number of hydrogen-bond donors (Lipinski definition) is 0. The van der Waals surface area contributed by atoms with Gasteiger partial charge in [0.1, 0.15) is 11.4 Å². The fourth-order valence-electron chi connectivity index (χ4n) is 2.21. The smallest absolute Gasteiger partial charge is 0.364 e. The topological polar surface area (TPSA) is 66.0 Å². The first-order valence-electron chi connectivity index (χ1n) is 5.67. The van der Waals surface area contributed by atoms with Gasteiger partial charge in [-0.2, -0.15) is 0 Å². The summed E-state index contributed by atoms with van der Waals surface area (Å²) >= 11 is 0. The third-order valence-electron chi connectivity index (χ3n) is 2.91. The third-order valence-corrected chi connectivity index (χ3v) is 3.76. The molecule has 6 heteroatoms. The maximum Gasteiger partial charge on any atom is 0.364 e. The summed E-state index contributed by atoms with van der Waals surface area (Å²) in [6, 6.07) is -0.125. The standard InChI is InChI=1S/C11H20N2O3S/c1-7(2)12-9(5)10(6)13(8(3)4)11(12)17(14,15)16/h7-8H,1-6H3. The van der Waals surface area contributed by atoms with Gasteiger partial charge in [-0.15, -0.1) is 0 Å². The average molecular weight is 260 g/mol. The molecular weight excluding hydrogens is 240 g/mol. The van der Waals surface area contributed by atoms with Crippen molar-refractivity contribution in [3.63, 3.8) is 0 Å². The maximum atomic E-state index is 11.5.